The van der Waals surface area contributed by atoms with Crippen molar-refractivity contribution >= 4 is 17.7 Å². The van der Waals surface area contributed by atoms with Gasteiger partial charge in [-0.15, -0.1) is 0 Å². The molecule has 0 spiro atoms. The highest BCUT2D eigenvalue weighted by molar-refractivity contribution is 6.28. The number of hydrogen-bond acceptors (Lipinski definition) is 2. The quantitative estimate of drug-likeness (QED) is 0.738. The zero-order chi connectivity index (χ0) is 9.52. The van der Waals surface area contributed by atoms with Crippen molar-refractivity contribution in [3.8, 4) is 0 Å². The van der Waals surface area contributed by atoms with E-state index in [0.29, 0.717) is 5.22 Å². The van der Waals surface area contributed by atoms with Gasteiger partial charge in [-0.3, -0.25) is 0 Å². The van der Waals surface area contributed by atoms with Gasteiger partial charge in [0.1, 0.15) is 5.76 Å². The van der Waals surface area contributed by atoms with Gasteiger partial charge >= 0.3 is 0 Å². The minimum atomic E-state index is 0.432. The van der Waals surface area contributed by atoms with E-state index in [1.54, 1.807) is 6.07 Å². The van der Waals surface area contributed by atoms with E-state index in [2.05, 4.69) is 12.2 Å². The van der Waals surface area contributed by atoms with Crippen molar-refractivity contribution in [2.75, 3.05) is 13.1 Å². The molecule has 0 saturated carbocycles. The molecule has 0 amide bonds. The summed E-state index contributed by atoms with van der Waals surface area (Å²) < 4.78 is 5.14. The van der Waals surface area contributed by atoms with Gasteiger partial charge in [-0.05, 0) is 42.8 Å². The Morgan fingerprint density at radius 3 is 3.00 bits per heavy atom. The first-order valence-corrected chi connectivity index (χ1v) is 4.83. The number of furan rings is 1. The van der Waals surface area contributed by atoms with E-state index in [4.69, 9.17) is 16.0 Å². The van der Waals surface area contributed by atoms with Crippen LogP contribution in [0.4, 0.5) is 0 Å². The maximum atomic E-state index is 5.61. The lowest BCUT2D eigenvalue weighted by Gasteiger charge is -1.94. The predicted octanol–water partition coefficient (Wildman–Crippen LogP) is 2.95. The summed E-state index contributed by atoms with van der Waals surface area (Å²) in [6.45, 7) is 4.05. The van der Waals surface area contributed by atoms with Crippen molar-refractivity contribution in [1.29, 1.82) is 0 Å². The van der Waals surface area contributed by atoms with Crippen molar-refractivity contribution in [3.05, 3.63) is 29.2 Å². The zero-order valence-electron chi connectivity index (χ0n) is 7.72. The molecule has 72 valence electrons. The fourth-order valence-electron chi connectivity index (χ4n) is 0.955. The highest BCUT2D eigenvalue weighted by atomic mass is 35.5. The Kier molecular flexibility index (Phi) is 4.65. The molecule has 0 bridgehead atoms. The van der Waals surface area contributed by atoms with Gasteiger partial charge in [0.2, 0.25) is 0 Å². The van der Waals surface area contributed by atoms with Gasteiger partial charge in [0, 0.05) is 6.54 Å². The Morgan fingerprint density at radius 2 is 2.38 bits per heavy atom. The molecule has 2 nitrogen and oxygen atoms in total. The van der Waals surface area contributed by atoms with E-state index in [-0.39, 0.29) is 0 Å². The van der Waals surface area contributed by atoms with Crippen LogP contribution in [0.25, 0.3) is 6.08 Å². The average Bonchev–Trinajstić information content (AvgIpc) is 2.51. The molecular weight excluding hydrogens is 186 g/mol. The maximum Gasteiger partial charge on any atom is 0.193 e. The molecule has 0 saturated heterocycles. The minimum Gasteiger partial charge on any atom is -0.445 e. The molecule has 1 aromatic heterocycles. The lowest BCUT2D eigenvalue weighted by Crippen LogP contribution is -2.13. The van der Waals surface area contributed by atoms with E-state index in [1.807, 2.05) is 18.2 Å². The summed E-state index contributed by atoms with van der Waals surface area (Å²) in [6.07, 6.45) is 5.08. The van der Waals surface area contributed by atoms with Crippen LogP contribution >= 0.6 is 11.6 Å². The van der Waals surface area contributed by atoms with Crippen LogP contribution in [0, 0.1) is 0 Å². The summed E-state index contributed by atoms with van der Waals surface area (Å²) in [5.74, 6) is 0.795. The molecular formula is C10H14ClNO. The topological polar surface area (TPSA) is 25.2 Å². The van der Waals surface area contributed by atoms with Crippen LogP contribution < -0.4 is 5.32 Å². The van der Waals surface area contributed by atoms with Crippen LogP contribution in [0.15, 0.2) is 22.6 Å². The third kappa shape index (κ3) is 4.15. The second-order valence-corrected chi connectivity index (χ2v) is 3.12. The Morgan fingerprint density at radius 1 is 1.54 bits per heavy atom. The highest BCUT2D eigenvalue weighted by Gasteiger charge is 1.92. The lowest BCUT2D eigenvalue weighted by molar-refractivity contribution is 0.559. The number of hydrogen-bond donors (Lipinski definition) is 1. The van der Waals surface area contributed by atoms with Crippen molar-refractivity contribution in [2.45, 2.75) is 13.3 Å². The van der Waals surface area contributed by atoms with Gasteiger partial charge in [-0.2, -0.15) is 0 Å². The molecule has 0 fully saturated rings. The summed E-state index contributed by atoms with van der Waals surface area (Å²) in [6, 6.07) is 3.58. The van der Waals surface area contributed by atoms with Crippen LogP contribution in [0.3, 0.4) is 0 Å². The SMILES string of the molecule is CCCNCC=Cc1ccc(Cl)o1. The number of nitrogens with one attached hydrogen (secondary N) is 1. The Labute approximate surface area is 83.6 Å². The third-order valence-electron chi connectivity index (χ3n) is 1.57. The molecule has 13 heavy (non-hydrogen) atoms. The fourth-order valence-corrected chi connectivity index (χ4v) is 1.11. The summed E-state index contributed by atoms with van der Waals surface area (Å²) in [5.41, 5.74) is 0. The average molecular weight is 200 g/mol. The van der Waals surface area contributed by atoms with E-state index in [1.165, 1.54) is 0 Å². The van der Waals surface area contributed by atoms with Crippen LogP contribution in [0.1, 0.15) is 19.1 Å². The van der Waals surface area contributed by atoms with Gasteiger partial charge in [-0.25, -0.2) is 0 Å². The molecule has 0 radical (unpaired) electrons. The second kappa shape index (κ2) is 5.84. The number of halogens is 1. The zero-order valence-corrected chi connectivity index (χ0v) is 8.47. The molecule has 1 heterocycles. The molecule has 0 aliphatic rings. The standard InChI is InChI=1S/C10H14ClNO/c1-2-7-12-8-3-4-9-5-6-10(11)13-9/h3-6,12H,2,7-8H2,1H3. The van der Waals surface area contributed by atoms with Gasteiger partial charge in [0.05, 0.1) is 0 Å². The molecule has 0 atom stereocenters. The molecule has 0 aliphatic heterocycles. The maximum absolute atomic E-state index is 5.61. The van der Waals surface area contributed by atoms with Crippen LogP contribution in [0.2, 0.25) is 5.22 Å². The van der Waals surface area contributed by atoms with Crippen molar-refractivity contribution in [3.63, 3.8) is 0 Å². The third-order valence-corrected chi connectivity index (χ3v) is 1.77. The van der Waals surface area contributed by atoms with Gasteiger partial charge in [0.25, 0.3) is 0 Å². The summed E-state index contributed by atoms with van der Waals surface area (Å²) >= 11 is 5.61. The molecule has 0 aliphatic carbocycles. The van der Waals surface area contributed by atoms with E-state index in [0.717, 1.165) is 25.3 Å². The van der Waals surface area contributed by atoms with Crippen LogP contribution in [0.5, 0.6) is 0 Å². The molecule has 1 aromatic rings. The summed E-state index contributed by atoms with van der Waals surface area (Å²) in [7, 11) is 0. The van der Waals surface area contributed by atoms with E-state index < -0.39 is 0 Å². The van der Waals surface area contributed by atoms with E-state index in [9.17, 15) is 0 Å². The first-order valence-electron chi connectivity index (χ1n) is 4.45. The summed E-state index contributed by atoms with van der Waals surface area (Å²) in [4.78, 5) is 0. The second-order valence-electron chi connectivity index (χ2n) is 2.75. The first kappa shape index (κ1) is 10.4. The predicted molar refractivity (Wildman–Crippen MR) is 55.9 cm³/mol. The van der Waals surface area contributed by atoms with Crippen molar-refractivity contribution < 1.29 is 4.42 Å². The largest absolute Gasteiger partial charge is 0.445 e. The van der Waals surface area contributed by atoms with Gasteiger partial charge in [-0.1, -0.05) is 13.0 Å². The highest BCUT2D eigenvalue weighted by Crippen LogP contribution is 2.13. The smallest absolute Gasteiger partial charge is 0.193 e. The number of rotatable bonds is 5. The van der Waals surface area contributed by atoms with Gasteiger partial charge in [0.15, 0.2) is 5.22 Å². The molecule has 3 heteroatoms. The molecule has 0 unspecified atom stereocenters. The summed E-state index contributed by atoms with van der Waals surface area (Å²) in [5, 5.41) is 3.68. The van der Waals surface area contributed by atoms with E-state index >= 15 is 0 Å². The lowest BCUT2D eigenvalue weighted by atomic mass is 10.4. The molecule has 0 aromatic carbocycles. The normalized spacial score (nSPS) is 11.2. The Bertz CT molecular complexity index is 268. The molecule has 1 rings (SSSR count). The Hall–Kier alpha value is -0.730. The fraction of sp³-hybridized carbons (Fsp3) is 0.400. The molecule has 1 N–H and O–H groups in total. The van der Waals surface area contributed by atoms with Crippen molar-refractivity contribution in [2.24, 2.45) is 0 Å². The minimum absolute atomic E-state index is 0.432. The monoisotopic (exact) mass is 199 g/mol. The van der Waals surface area contributed by atoms with Gasteiger partial charge < -0.3 is 9.73 Å². The van der Waals surface area contributed by atoms with Crippen LogP contribution in [-0.4, -0.2) is 13.1 Å². The Balaban J connectivity index is 2.24. The first-order chi connectivity index (χ1) is 6.33. The van der Waals surface area contributed by atoms with Crippen LogP contribution in [-0.2, 0) is 0 Å². The van der Waals surface area contributed by atoms with Crippen molar-refractivity contribution in [1.82, 2.24) is 5.32 Å².